The van der Waals surface area contributed by atoms with Crippen molar-refractivity contribution in [1.29, 1.82) is 0 Å². The standard InChI is InChI=1S/C15H28N2O3/c1-4-14(2,3)11-16-13(20)17-15(12(18)19)9-7-5-6-8-10-15/h4-11H2,1-3H3,(H,18,19)(H2,16,17,20). The minimum atomic E-state index is -1.09. The summed E-state index contributed by atoms with van der Waals surface area (Å²) < 4.78 is 0. The van der Waals surface area contributed by atoms with Gasteiger partial charge in [-0.25, -0.2) is 9.59 Å². The molecule has 5 nitrogen and oxygen atoms in total. The first-order chi connectivity index (χ1) is 9.31. The van der Waals surface area contributed by atoms with Gasteiger partial charge in [-0.05, 0) is 24.7 Å². The quantitative estimate of drug-likeness (QED) is 0.679. The Morgan fingerprint density at radius 1 is 1.15 bits per heavy atom. The Bertz CT molecular complexity index is 345. The number of carbonyl (C=O) groups is 2. The van der Waals surface area contributed by atoms with Crippen molar-refractivity contribution in [2.24, 2.45) is 5.41 Å². The summed E-state index contributed by atoms with van der Waals surface area (Å²) in [5, 5.41) is 15.0. The molecule has 0 bridgehead atoms. The van der Waals surface area contributed by atoms with Gasteiger partial charge in [0.15, 0.2) is 0 Å². The summed E-state index contributed by atoms with van der Waals surface area (Å²) in [6.45, 7) is 6.77. The summed E-state index contributed by atoms with van der Waals surface area (Å²) in [7, 11) is 0. The zero-order valence-corrected chi connectivity index (χ0v) is 12.9. The van der Waals surface area contributed by atoms with Crippen LogP contribution in [-0.4, -0.2) is 29.2 Å². The zero-order valence-electron chi connectivity index (χ0n) is 12.9. The average molecular weight is 284 g/mol. The van der Waals surface area contributed by atoms with E-state index in [1.54, 1.807) is 0 Å². The van der Waals surface area contributed by atoms with E-state index >= 15 is 0 Å². The van der Waals surface area contributed by atoms with Crippen LogP contribution >= 0.6 is 0 Å². The fourth-order valence-electron chi connectivity index (χ4n) is 2.43. The fourth-order valence-corrected chi connectivity index (χ4v) is 2.43. The minimum absolute atomic E-state index is 0.0250. The minimum Gasteiger partial charge on any atom is -0.480 e. The van der Waals surface area contributed by atoms with Gasteiger partial charge in [-0.3, -0.25) is 0 Å². The molecule has 0 aliphatic heterocycles. The molecule has 1 fully saturated rings. The fraction of sp³-hybridized carbons (Fsp3) is 0.867. The molecule has 0 spiro atoms. The molecule has 0 aromatic heterocycles. The van der Waals surface area contributed by atoms with Crippen molar-refractivity contribution in [3.05, 3.63) is 0 Å². The number of hydrogen-bond donors (Lipinski definition) is 3. The summed E-state index contributed by atoms with van der Waals surface area (Å²) >= 11 is 0. The number of carboxylic acid groups (broad SMARTS) is 1. The van der Waals surface area contributed by atoms with E-state index in [9.17, 15) is 14.7 Å². The summed E-state index contributed by atoms with van der Waals surface area (Å²) in [6.07, 6.45) is 5.79. The average Bonchev–Trinajstić information content (AvgIpc) is 2.63. The molecule has 0 radical (unpaired) electrons. The largest absolute Gasteiger partial charge is 0.480 e. The predicted molar refractivity (Wildman–Crippen MR) is 78.7 cm³/mol. The maximum Gasteiger partial charge on any atom is 0.329 e. The van der Waals surface area contributed by atoms with Gasteiger partial charge in [-0.2, -0.15) is 0 Å². The normalized spacial score (nSPS) is 18.9. The van der Waals surface area contributed by atoms with Crippen LogP contribution in [0.5, 0.6) is 0 Å². The molecule has 0 atom stereocenters. The topological polar surface area (TPSA) is 78.4 Å². The van der Waals surface area contributed by atoms with Crippen LogP contribution in [0, 0.1) is 5.41 Å². The molecule has 2 amide bonds. The van der Waals surface area contributed by atoms with Crippen molar-refractivity contribution < 1.29 is 14.7 Å². The summed E-state index contributed by atoms with van der Waals surface area (Å²) in [5.74, 6) is -0.913. The summed E-state index contributed by atoms with van der Waals surface area (Å²) in [5.41, 5.74) is -1.06. The Morgan fingerprint density at radius 3 is 2.15 bits per heavy atom. The van der Waals surface area contributed by atoms with Crippen LogP contribution in [-0.2, 0) is 4.79 Å². The molecule has 0 aromatic rings. The number of rotatable bonds is 5. The Labute approximate surface area is 121 Å². The van der Waals surface area contributed by atoms with Crippen LogP contribution in [0.15, 0.2) is 0 Å². The third-order valence-electron chi connectivity index (χ3n) is 4.40. The van der Waals surface area contributed by atoms with Crippen molar-refractivity contribution >= 4 is 12.0 Å². The van der Waals surface area contributed by atoms with Crippen molar-refractivity contribution in [2.75, 3.05) is 6.54 Å². The van der Waals surface area contributed by atoms with E-state index in [0.29, 0.717) is 19.4 Å². The second-order valence-electron chi connectivity index (χ2n) is 6.63. The molecule has 1 aliphatic rings. The smallest absolute Gasteiger partial charge is 0.329 e. The molecule has 3 N–H and O–H groups in total. The number of carbonyl (C=O) groups excluding carboxylic acids is 1. The SMILES string of the molecule is CCC(C)(C)CNC(=O)NC1(C(=O)O)CCCCCC1. The van der Waals surface area contributed by atoms with E-state index in [-0.39, 0.29) is 11.4 Å². The number of carboxylic acids is 1. The van der Waals surface area contributed by atoms with Gasteiger partial charge >= 0.3 is 12.0 Å². The maximum atomic E-state index is 12.0. The molecule has 1 saturated carbocycles. The van der Waals surface area contributed by atoms with E-state index in [4.69, 9.17) is 0 Å². The molecule has 0 aromatic carbocycles. The third kappa shape index (κ3) is 4.69. The van der Waals surface area contributed by atoms with Gasteiger partial charge in [0, 0.05) is 6.54 Å². The highest BCUT2D eigenvalue weighted by atomic mass is 16.4. The number of aliphatic carboxylic acids is 1. The summed E-state index contributed by atoms with van der Waals surface area (Å²) in [4.78, 5) is 23.6. The first-order valence-corrected chi connectivity index (χ1v) is 7.61. The van der Waals surface area contributed by atoms with Crippen molar-refractivity contribution in [3.8, 4) is 0 Å². The van der Waals surface area contributed by atoms with Crippen LogP contribution in [0.25, 0.3) is 0 Å². The monoisotopic (exact) mass is 284 g/mol. The lowest BCUT2D eigenvalue weighted by Crippen LogP contribution is -2.57. The van der Waals surface area contributed by atoms with Gasteiger partial charge in [0.25, 0.3) is 0 Å². The molecule has 1 rings (SSSR count). The van der Waals surface area contributed by atoms with Crippen LogP contribution < -0.4 is 10.6 Å². The first kappa shape index (κ1) is 16.8. The summed E-state index contributed by atoms with van der Waals surface area (Å²) in [6, 6.07) is -0.365. The van der Waals surface area contributed by atoms with E-state index in [1.165, 1.54) is 0 Å². The van der Waals surface area contributed by atoms with Gasteiger partial charge in [-0.15, -0.1) is 0 Å². The zero-order chi connectivity index (χ0) is 15.2. The van der Waals surface area contributed by atoms with E-state index in [0.717, 1.165) is 32.1 Å². The number of amides is 2. The van der Waals surface area contributed by atoms with Gasteiger partial charge in [0.1, 0.15) is 5.54 Å². The second kappa shape index (κ2) is 6.95. The Hall–Kier alpha value is -1.26. The number of hydrogen-bond acceptors (Lipinski definition) is 2. The van der Waals surface area contributed by atoms with Crippen molar-refractivity contribution in [3.63, 3.8) is 0 Å². The molecular weight excluding hydrogens is 256 g/mol. The highest BCUT2D eigenvalue weighted by molar-refractivity contribution is 5.86. The van der Waals surface area contributed by atoms with Gasteiger partial charge < -0.3 is 15.7 Å². The molecular formula is C15H28N2O3. The maximum absolute atomic E-state index is 12.0. The van der Waals surface area contributed by atoms with Crippen molar-refractivity contribution in [1.82, 2.24) is 10.6 Å². The van der Waals surface area contributed by atoms with Crippen LogP contribution in [0.1, 0.15) is 65.7 Å². The van der Waals surface area contributed by atoms with Gasteiger partial charge in [-0.1, -0.05) is 46.5 Å². The predicted octanol–water partition coefficient (Wildman–Crippen LogP) is 2.90. The van der Waals surface area contributed by atoms with Crippen LogP contribution in [0.4, 0.5) is 4.79 Å². The lowest BCUT2D eigenvalue weighted by atomic mass is 9.89. The number of nitrogens with one attached hydrogen (secondary N) is 2. The molecule has 0 heterocycles. The molecule has 1 aliphatic carbocycles. The van der Waals surface area contributed by atoms with E-state index in [1.807, 2.05) is 0 Å². The third-order valence-corrected chi connectivity index (χ3v) is 4.40. The second-order valence-corrected chi connectivity index (χ2v) is 6.63. The Balaban J connectivity index is 2.61. The molecule has 5 heteroatoms. The molecule has 0 saturated heterocycles. The lowest BCUT2D eigenvalue weighted by Gasteiger charge is -2.30. The molecule has 20 heavy (non-hydrogen) atoms. The number of urea groups is 1. The van der Waals surface area contributed by atoms with Crippen molar-refractivity contribution in [2.45, 2.75) is 71.3 Å². The Morgan fingerprint density at radius 2 is 1.70 bits per heavy atom. The highest BCUT2D eigenvalue weighted by Crippen LogP contribution is 2.27. The lowest BCUT2D eigenvalue weighted by molar-refractivity contribution is -0.145. The van der Waals surface area contributed by atoms with Crippen LogP contribution in [0.2, 0.25) is 0 Å². The molecule has 0 unspecified atom stereocenters. The van der Waals surface area contributed by atoms with E-state index in [2.05, 4.69) is 31.4 Å². The highest BCUT2D eigenvalue weighted by Gasteiger charge is 2.40. The van der Waals surface area contributed by atoms with Gasteiger partial charge in [0.2, 0.25) is 0 Å². The van der Waals surface area contributed by atoms with Crippen LogP contribution in [0.3, 0.4) is 0 Å². The van der Waals surface area contributed by atoms with Gasteiger partial charge in [0.05, 0.1) is 0 Å². The Kier molecular flexibility index (Phi) is 5.84. The van der Waals surface area contributed by atoms with E-state index < -0.39 is 11.5 Å². The molecule has 116 valence electrons. The first-order valence-electron chi connectivity index (χ1n) is 7.61.